The van der Waals surface area contributed by atoms with Crippen LogP contribution in [0.3, 0.4) is 0 Å². The summed E-state index contributed by atoms with van der Waals surface area (Å²) in [5, 5.41) is 9.21. The van der Waals surface area contributed by atoms with E-state index in [0.29, 0.717) is 0 Å². The van der Waals surface area contributed by atoms with Crippen molar-refractivity contribution in [3.05, 3.63) is 48.3 Å². The minimum absolute atomic E-state index is 0.268. The van der Waals surface area contributed by atoms with Crippen LogP contribution in [0.25, 0.3) is 0 Å². The van der Waals surface area contributed by atoms with Gasteiger partial charge in [-0.2, -0.15) is 0 Å². The maximum Gasteiger partial charge on any atom is 0.336 e. The molecule has 0 aromatic carbocycles. The molecule has 1 N–H and O–H groups in total. The molecule has 15 heavy (non-hydrogen) atoms. The van der Waals surface area contributed by atoms with Crippen LogP contribution in [-0.4, -0.2) is 11.1 Å². The Labute approximate surface area is 93.6 Å². The van der Waals surface area contributed by atoms with Crippen molar-refractivity contribution in [2.45, 2.75) is 4.32 Å². The molecule has 0 bridgehead atoms. The highest BCUT2D eigenvalue weighted by atomic mass is 79.9. The summed E-state index contributed by atoms with van der Waals surface area (Å²) in [5.74, 6) is -0.553. The van der Waals surface area contributed by atoms with E-state index >= 15 is 0 Å². The van der Waals surface area contributed by atoms with Gasteiger partial charge in [-0.05, 0) is 24.3 Å². The summed E-state index contributed by atoms with van der Waals surface area (Å²) >= 11 is 3.14. The summed E-state index contributed by atoms with van der Waals surface area (Å²) < 4.78 is 8.73. The average Bonchev–Trinajstić information content (AvgIpc) is 2.89. The van der Waals surface area contributed by atoms with E-state index in [4.69, 9.17) is 8.83 Å². The van der Waals surface area contributed by atoms with Gasteiger partial charge in [0.15, 0.2) is 0 Å². The number of halogens is 1. The molecule has 5 heteroatoms. The summed E-state index contributed by atoms with van der Waals surface area (Å²) in [6.07, 6.45) is 2.83. The van der Waals surface area contributed by atoms with Gasteiger partial charge < -0.3 is 13.9 Å². The first-order chi connectivity index (χ1) is 7.15. The van der Waals surface area contributed by atoms with E-state index in [-0.39, 0.29) is 11.5 Å². The molecule has 2 aromatic rings. The molecule has 0 fully saturated rings. The summed E-state index contributed by atoms with van der Waals surface area (Å²) in [7, 11) is 0. The van der Waals surface area contributed by atoms with Crippen molar-refractivity contribution in [1.82, 2.24) is 0 Å². The molecule has 2 heterocycles. The normalized spacial score (nSPS) is 11.5. The minimum Gasteiger partial charge on any atom is -0.480 e. The number of furan rings is 2. The molecule has 0 atom stereocenters. The molecular weight excluding hydrogens is 264 g/mol. The lowest BCUT2D eigenvalue weighted by atomic mass is 10.0. The van der Waals surface area contributed by atoms with E-state index in [1.165, 1.54) is 12.5 Å². The van der Waals surface area contributed by atoms with Crippen molar-refractivity contribution in [2.75, 3.05) is 0 Å². The summed E-state index contributed by atoms with van der Waals surface area (Å²) in [6, 6.07) is 6.39. The number of carboxylic acid groups (broad SMARTS) is 1. The molecular formula is C10H7BrO4. The first-order valence-electron chi connectivity index (χ1n) is 4.16. The number of alkyl halides is 1. The Hall–Kier alpha value is -1.49. The van der Waals surface area contributed by atoms with Gasteiger partial charge in [-0.3, -0.25) is 0 Å². The fourth-order valence-corrected chi connectivity index (χ4v) is 1.73. The van der Waals surface area contributed by atoms with Crippen molar-refractivity contribution in [3.63, 3.8) is 0 Å². The number of aliphatic carboxylic acids is 1. The zero-order valence-corrected chi connectivity index (χ0v) is 9.10. The fraction of sp³-hybridized carbons (Fsp3) is 0.100. The third-order valence-corrected chi connectivity index (χ3v) is 3.14. The number of rotatable bonds is 3. The fourth-order valence-electron chi connectivity index (χ4n) is 1.28. The minimum atomic E-state index is -1.46. The highest BCUT2D eigenvalue weighted by Crippen LogP contribution is 2.39. The molecule has 0 saturated heterocycles. The highest BCUT2D eigenvalue weighted by Gasteiger charge is 2.45. The standard InChI is InChI=1S/C10H7BrO4/c11-10(9(12)13,7-3-1-5-14-7)8-4-2-6-15-8/h1-6H,(H,12,13). The molecule has 0 aliphatic carbocycles. The van der Waals surface area contributed by atoms with E-state index in [1.807, 2.05) is 0 Å². The highest BCUT2D eigenvalue weighted by molar-refractivity contribution is 9.10. The summed E-state index contributed by atoms with van der Waals surface area (Å²) in [4.78, 5) is 11.3. The molecule has 0 amide bonds. The molecule has 2 aromatic heterocycles. The van der Waals surface area contributed by atoms with Crippen molar-refractivity contribution in [1.29, 1.82) is 0 Å². The SMILES string of the molecule is O=C(O)C(Br)(c1ccco1)c1ccco1. The Morgan fingerprint density at radius 3 is 1.93 bits per heavy atom. The van der Waals surface area contributed by atoms with Crippen molar-refractivity contribution in [2.24, 2.45) is 0 Å². The Balaban J connectivity index is 2.56. The second kappa shape index (κ2) is 3.58. The van der Waals surface area contributed by atoms with E-state index in [1.54, 1.807) is 24.3 Å². The average molecular weight is 271 g/mol. The molecule has 0 aliphatic rings. The Kier molecular flexibility index (Phi) is 2.40. The van der Waals surface area contributed by atoms with E-state index < -0.39 is 10.3 Å². The molecule has 0 spiro atoms. The Bertz CT molecular complexity index is 409. The monoisotopic (exact) mass is 270 g/mol. The Morgan fingerprint density at radius 1 is 1.20 bits per heavy atom. The van der Waals surface area contributed by atoms with Gasteiger partial charge in [0, 0.05) is 0 Å². The van der Waals surface area contributed by atoms with Crippen LogP contribution >= 0.6 is 15.9 Å². The number of carbonyl (C=O) groups is 1. The summed E-state index contributed by atoms with van der Waals surface area (Å²) in [6.45, 7) is 0. The lowest BCUT2D eigenvalue weighted by molar-refractivity contribution is -0.139. The first kappa shape index (κ1) is 10.0. The van der Waals surface area contributed by atoms with Crippen LogP contribution < -0.4 is 0 Å². The van der Waals surface area contributed by atoms with Gasteiger partial charge in [-0.15, -0.1) is 0 Å². The van der Waals surface area contributed by atoms with Gasteiger partial charge >= 0.3 is 5.97 Å². The summed E-state index contributed by atoms with van der Waals surface area (Å²) in [5.41, 5.74) is 0. The van der Waals surface area contributed by atoms with Crippen LogP contribution in [0.15, 0.2) is 45.6 Å². The predicted octanol–water partition coefficient (Wildman–Crippen LogP) is 2.60. The van der Waals surface area contributed by atoms with Crippen molar-refractivity contribution >= 4 is 21.9 Å². The van der Waals surface area contributed by atoms with Crippen LogP contribution in [0.2, 0.25) is 0 Å². The lowest BCUT2D eigenvalue weighted by Crippen LogP contribution is -2.29. The molecule has 0 aliphatic heterocycles. The second-order valence-corrected chi connectivity index (χ2v) is 4.11. The third-order valence-electron chi connectivity index (χ3n) is 2.02. The van der Waals surface area contributed by atoms with Gasteiger partial charge in [0.25, 0.3) is 0 Å². The zero-order chi connectivity index (χ0) is 10.9. The largest absolute Gasteiger partial charge is 0.480 e. The smallest absolute Gasteiger partial charge is 0.336 e. The van der Waals surface area contributed by atoms with Crippen molar-refractivity contribution < 1.29 is 18.7 Å². The van der Waals surface area contributed by atoms with Gasteiger partial charge in [0.1, 0.15) is 11.5 Å². The van der Waals surface area contributed by atoms with Crippen LogP contribution in [0.4, 0.5) is 0 Å². The predicted molar refractivity (Wildman–Crippen MR) is 54.8 cm³/mol. The van der Waals surface area contributed by atoms with Gasteiger partial charge in [0.05, 0.1) is 12.5 Å². The molecule has 0 saturated carbocycles. The molecule has 0 radical (unpaired) electrons. The zero-order valence-electron chi connectivity index (χ0n) is 7.51. The van der Waals surface area contributed by atoms with Crippen molar-refractivity contribution in [3.8, 4) is 0 Å². The number of carboxylic acids is 1. The van der Waals surface area contributed by atoms with Gasteiger partial charge in [-0.1, -0.05) is 15.9 Å². The number of hydrogen-bond donors (Lipinski definition) is 1. The molecule has 4 nitrogen and oxygen atoms in total. The quantitative estimate of drug-likeness (QED) is 0.871. The van der Waals surface area contributed by atoms with Gasteiger partial charge in [-0.25, -0.2) is 4.79 Å². The lowest BCUT2D eigenvalue weighted by Gasteiger charge is -2.17. The first-order valence-corrected chi connectivity index (χ1v) is 4.95. The van der Waals surface area contributed by atoms with E-state index in [2.05, 4.69) is 15.9 Å². The number of hydrogen-bond acceptors (Lipinski definition) is 3. The van der Waals surface area contributed by atoms with E-state index in [9.17, 15) is 9.90 Å². The third kappa shape index (κ3) is 1.48. The van der Waals surface area contributed by atoms with E-state index in [0.717, 1.165) is 0 Å². The van der Waals surface area contributed by atoms with Crippen LogP contribution in [-0.2, 0) is 9.12 Å². The topological polar surface area (TPSA) is 63.6 Å². The van der Waals surface area contributed by atoms with Crippen LogP contribution in [0.1, 0.15) is 11.5 Å². The maximum absolute atomic E-state index is 11.3. The van der Waals surface area contributed by atoms with Crippen LogP contribution in [0.5, 0.6) is 0 Å². The van der Waals surface area contributed by atoms with Crippen LogP contribution in [0, 0.1) is 0 Å². The molecule has 78 valence electrons. The maximum atomic E-state index is 11.3. The second-order valence-electron chi connectivity index (χ2n) is 2.92. The molecule has 2 rings (SSSR count). The Morgan fingerprint density at radius 2 is 1.67 bits per heavy atom. The molecule has 0 unspecified atom stereocenters. The van der Waals surface area contributed by atoms with Gasteiger partial charge in [0.2, 0.25) is 4.32 Å².